The summed E-state index contributed by atoms with van der Waals surface area (Å²) in [7, 11) is 0. The number of nitrogens with zero attached hydrogens (tertiary/aromatic N) is 1. The molecule has 0 aliphatic carbocycles. The molecule has 0 unspecified atom stereocenters. The Morgan fingerprint density at radius 2 is 1.88 bits per heavy atom. The van der Waals surface area contributed by atoms with Gasteiger partial charge < -0.3 is 5.73 Å². The van der Waals surface area contributed by atoms with Gasteiger partial charge >= 0.3 is 0 Å². The van der Waals surface area contributed by atoms with Crippen LogP contribution >= 0.6 is 34.3 Å². The fourth-order valence-corrected chi connectivity index (χ4v) is 4.14. The third-order valence-electron chi connectivity index (χ3n) is 3.52. The number of thiophene rings is 1. The zero-order valence-electron chi connectivity index (χ0n) is 13.4. The van der Waals surface area contributed by atoms with Crippen molar-refractivity contribution in [3.63, 3.8) is 0 Å². The molecule has 2 aromatic carbocycles. The van der Waals surface area contributed by atoms with Crippen LogP contribution in [-0.2, 0) is 0 Å². The third kappa shape index (κ3) is 4.25. The van der Waals surface area contributed by atoms with Crippen molar-refractivity contribution in [2.24, 2.45) is 5.73 Å². The summed E-state index contributed by atoms with van der Waals surface area (Å²) in [6.45, 7) is 2.07. The Balaban J connectivity index is 0.000000219. The van der Waals surface area contributed by atoms with E-state index in [4.69, 9.17) is 17.3 Å². The highest BCUT2D eigenvalue weighted by molar-refractivity contribution is 7.17. The number of aromatic nitrogens is 1. The van der Waals surface area contributed by atoms with Gasteiger partial charge in [0.25, 0.3) is 5.91 Å². The van der Waals surface area contributed by atoms with Crippen LogP contribution in [0, 0.1) is 6.92 Å². The summed E-state index contributed by atoms with van der Waals surface area (Å²) in [5.41, 5.74) is 10.4. The van der Waals surface area contributed by atoms with Gasteiger partial charge in [0.05, 0.1) is 20.6 Å². The van der Waals surface area contributed by atoms with Crippen LogP contribution in [0.3, 0.4) is 0 Å². The van der Waals surface area contributed by atoms with Crippen LogP contribution in [0.5, 0.6) is 0 Å². The second kappa shape index (κ2) is 7.78. The molecule has 126 valence electrons. The highest BCUT2D eigenvalue weighted by Crippen LogP contribution is 2.33. The molecule has 0 spiro atoms. The average molecular weight is 387 g/mol. The smallest absolute Gasteiger partial charge is 0.258 e. The van der Waals surface area contributed by atoms with E-state index in [9.17, 15) is 4.79 Å². The predicted molar refractivity (Wildman–Crippen MR) is 108 cm³/mol. The van der Waals surface area contributed by atoms with Crippen LogP contribution in [0.2, 0.25) is 5.02 Å². The summed E-state index contributed by atoms with van der Waals surface area (Å²) in [6, 6.07) is 17.3. The minimum atomic E-state index is -0.376. The fourth-order valence-electron chi connectivity index (χ4n) is 2.30. The van der Waals surface area contributed by atoms with Crippen LogP contribution in [0.4, 0.5) is 0 Å². The van der Waals surface area contributed by atoms with Gasteiger partial charge in [-0.2, -0.15) is 0 Å². The SMILES string of the molecule is Cc1cc2scnc2cc1-c1ccc(C(N)=O)s1.Clc1ccccc1. The highest BCUT2D eigenvalue weighted by atomic mass is 35.5. The fraction of sp³-hybridized carbons (Fsp3) is 0.0526. The first-order chi connectivity index (χ1) is 12.0. The number of benzene rings is 2. The van der Waals surface area contributed by atoms with Gasteiger partial charge in [0.15, 0.2) is 0 Å². The zero-order valence-corrected chi connectivity index (χ0v) is 15.8. The van der Waals surface area contributed by atoms with Gasteiger partial charge in [0, 0.05) is 9.90 Å². The Labute approximate surface area is 158 Å². The summed E-state index contributed by atoms with van der Waals surface area (Å²) in [5.74, 6) is -0.376. The lowest BCUT2D eigenvalue weighted by molar-refractivity contribution is 0.100. The predicted octanol–water partition coefficient (Wildman–Crippen LogP) is 5.77. The minimum absolute atomic E-state index is 0.376. The molecule has 0 fully saturated rings. The summed E-state index contributed by atoms with van der Waals surface area (Å²) in [6.07, 6.45) is 0. The van der Waals surface area contributed by atoms with Crippen LogP contribution in [-0.4, -0.2) is 10.9 Å². The molecular formula is C19H15ClN2OS2. The molecule has 6 heteroatoms. The van der Waals surface area contributed by atoms with Crippen molar-refractivity contribution in [3.05, 3.63) is 75.6 Å². The zero-order chi connectivity index (χ0) is 17.8. The molecule has 0 bridgehead atoms. The maximum absolute atomic E-state index is 11.1. The molecule has 4 rings (SSSR count). The van der Waals surface area contributed by atoms with Gasteiger partial charge in [0.1, 0.15) is 0 Å². The lowest BCUT2D eigenvalue weighted by Crippen LogP contribution is -2.07. The first-order valence-electron chi connectivity index (χ1n) is 7.49. The first kappa shape index (κ1) is 17.6. The van der Waals surface area contributed by atoms with Gasteiger partial charge in [-0.05, 0) is 54.4 Å². The molecule has 0 atom stereocenters. The van der Waals surface area contributed by atoms with E-state index in [-0.39, 0.29) is 5.91 Å². The van der Waals surface area contributed by atoms with Crippen molar-refractivity contribution in [2.45, 2.75) is 6.92 Å². The van der Waals surface area contributed by atoms with E-state index < -0.39 is 0 Å². The molecule has 0 saturated carbocycles. The van der Waals surface area contributed by atoms with Crippen molar-refractivity contribution >= 4 is 50.4 Å². The summed E-state index contributed by atoms with van der Waals surface area (Å²) in [5, 5.41) is 0.794. The number of carbonyl (C=O) groups excluding carboxylic acids is 1. The summed E-state index contributed by atoms with van der Waals surface area (Å²) >= 11 is 8.59. The van der Waals surface area contributed by atoms with Crippen molar-refractivity contribution < 1.29 is 4.79 Å². The molecule has 0 radical (unpaired) electrons. The Bertz CT molecular complexity index is 1010. The van der Waals surface area contributed by atoms with Crippen LogP contribution in [0.1, 0.15) is 15.2 Å². The lowest BCUT2D eigenvalue weighted by atomic mass is 10.1. The van der Waals surface area contributed by atoms with E-state index in [1.807, 2.05) is 41.9 Å². The number of amides is 1. The highest BCUT2D eigenvalue weighted by Gasteiger charge is 2.10. The maximum Gasteiger partial charge on any atom is 0.258 e. The van der Waals surface area contributed by atoms with Crippen molar-refractivity contribution in [3.8, 4) is 10.4 Å². The van der Waals surface area contributed by atoms with E-state index in [2.05, 4.69) is 24.0 Å². The number of rotatable bonds is 2. The molecule has 0 aliphatic rings. The van der Waals surface area contributed by atoms with Gasteiger partial charge in [-0.1, -0.05) is 29.8 Å². The van der Waals surface area contributed by atoms with Crippen LogP contribution < -0.4 is 5.73 Å². The van der Waals surface area contributed by atoms with Crippen molar-refractivity contribution in [1.29, 1.82) is 0 Å². The molecule has 1 amide bonds. The van der Waals surface area contributed by atoms with Gasteiger partial charge in [0.2, 0.25) is 0 Å². The number of fused-ring (bicyclic) bond motifs is 1. The third-order valence-corrected chi connectivity index (χ3v) is 5.70. The molecule has 25 heavy (non-hydrogen) atoms. The standard InChI is InChI=1S/C13H10N2OS2.C6H5Cl/c1-7-4-12-9(15-6-17-12)5-8(7)10-2-3-11(18-10)13(14)16;7-6-4-2-1-3-5-6/h2-6H,1H3,(H2,14,16);1-5H. The number of hydrogen-bond acceptors (Lipinski definition) is 4. The summed E-state index contributed by atoms with van der Waals surface area (Å²) < 4.78 is 1.18. The van der Waals surface area contributed by atoms with E-state index in [1.165, 1.54) is 21.6 Å². The molecular weight excluding hydrogens is 372 g/mol. The monoisotopic (exact) mass is 386 g/mol. The van der Waals surface area contributed by atoms with Gasteiger partial charge in [-0.15, -0.1) is 22.7 Å². The number of hydrogen-bond donors (Lipinski definition) is 1. The largest absolute Gasteiger partial charge is 0.365 e. The number of nitrogens with two attached hydrogens (primary N) is 1. The van der Waals surface area contributed by atoms with Gasteiger partial charge in [-0.25, -0.2) is 4.98 Å². The lowest BCUT2D eigenvalue weighted by Gasteiger charge is -2.02. The molecule has 2 N–H and O–H groups in total. The van der Waals surface area contributed by atoms with Crippen LogP contribution in [0.25, 0.3) is 20.7 Å². The number of aryl methyl sites for hydroxylation is 1. The quantitative estimate of drug-likeness (QED) is 0.475. The maximum atomic E-state index is 11.1. The second-order valence-electron chi connectivity index (χ2n) is 5.31. The second-order valence-corrected chi connectivity index (χ2v) is 7.72. The Morgan fingerprint density at radius 3 is 2.48 bits per heavy atom. The number of thiazole rings is 1. The first-order valence-corrected chi connectivity index (χ1v) is 9.56. The summed E-state index contributed by atoms with van der Waals surface area (Å²) in [4.78, 5) is 17.1. The number of halogens is 1. The Morgan fingerprint density at radius 1 is 1.12 bits per heavy atom. The van der Waals surface area contributed by atoms with E-state index >= 15 is 0 Å². The van der Waals surface area contributed by atoms with Gasteiger partial charge in [-0.3, -0.25) is 4.79 Å². The van der Waals surface area contributed by atoms with E-state index in [0.29, 0.717) is 4.88 Å². The molecule has 0 aliphatic heterocycles. The molecule has 0 saturated heterocycles. The Hall–Kier alpha value is -2.21. The number of carbonyl (C=O) groups is 1. The number of primary amides is 1. The molecule has 3 nitrogen and oxygen atoms in total. The molecule has 2 aromatic heterocycles. The van der Waals surface area contributed by atoms with E-state index in [1.54, 1.807) is 17.4 Å². The minimum Gasteiger partial charge on any atom is -0.365 e. The average Bonchev–Trinajstić information content (AvgIpc) is 3.24. The van der Waals surface area contributed by atoms with Crippen LogP contribution in [0.15, 0.2) is 60.1 Å². The van der Waals surface area contributed by atoms with E-state index in [0.717, 1.165) is 21.0 Å². The normalized spacial score (nSPS) is 10.3. The Kier molecular flexibility index (Phi) is 5.48. The van der Waals surface area contributed by atoms with Crippen molar-refractivity contribution in [2.75, 3.05) is 0 Å². The molecule has 2 heterocycles. The topological polar surface area (TPSA) is 56.0 Å². The van der Waals surface area contributed by atoms with Crippen molar-refractivity contribution in [1.82, 2.24) is 4.98 Å². The molecule has 4 aromatic rings.